The molecule has 0 unspecified atom stereocenters. The van der Waals surface area contributed by atoms with Crippen molar-refractivity contribution in [1.82, 2.24) is 0 Å². The van der Waals surface area contributed by atoms with E-state index in [-0.39, 0.29) is 0 Å². The molecule has 0 radical (unpaired) electrons. The van der Waals surface area contributed by atoms with Crippen LogP contribution in [0.1, 0.15) is 64.2 Å². The van der Waals surface area contributed by atoms with E-state index in [9.17, 15) is 0 Å². The maximum atomic E-state index is 4.52. The minimum atomic E-state index is 0.327. The monoisotopic (exact) mass is 258 g/mol. The van der Waals surface area contributed by atoms with Crippen molar-refractivity contribution in [3.05, 3.63) is 0 Å². The van der Waals surface area contributed by atoms with Crippen LogP contribution in [0.2, 0.25) is 0 Å². The molecule has 0 aromatic heterocycles. The second-order valence-corrected chi connectivity index (χ2v) is 8.93. The number of hydrogen-bond acceptors (Lipinski definition) is 1. The van der Waals surface area contributed by atoms with Crippen LogP contribution in [0.3, 0.4) is 0 Å². The third kappa shape index (κ3) is 3.64. The van der Waals surface area contributed by atoms with Gasteiger partial charge in [0.1, 0.15) is 0 Å². The molecule has 2 aliphatic carbocycles. The van der Waals surface area contributed by atoms with Gasteiger partial charge in [0, 0.05) is 0 Å². The summed E-state index contributed by atoms with van der Waals surface area (Å²) < 4.78 is 0. The van der Waals surface area contributed by atoms with Gasteiger partial charge in [-0.25, -0.2) is 0 Å². The number of thiol groups is 1. The van der Waals surface area contributed by atoms with Crippen molar-refractivity contribution in [3.8, 4) is 0 Å². The second kappa shape index (κ2) is 7.27. The summed E-state index contributed by atoms with van der Waals surface area (Å²) in [6.45, 7) is 0. The third-order valence-corrected chi connectivity index (χ3v) is 8.67. The van der Waals surface area contributed by atoms with Gasteiger partial charge < -0.3 is 0 Å². The molecule has 0 atom stereocenters. The highest BCUT2D eigenvalue weighted by Crippen LogP contribution is 2.55. The van der Waals surface area contributed by atoms with Crippen molar-refractivity contribution >= 4 is 20.6 Å². The normalized spacial score (nSPS) is 25.1. The Morgan fingerprint density at radius 3 is 1.56 bits per heavy atom. The smallest absolute Gasteiger partial charge is 0.00583 e. The lowest BCUT2D eigenvalue weighted by atomic mass is 9.99. The van der Waals surface area contributed by atoms with E-state index in [1.54, 1.807) is 25.7 Å². The van der Waals surface area contributed by atoms with Gasteiger partial charge in [0.15, 0.2) is 0 Å². The first-order valence-corrected chi connectivity index (χ1v) is 9.58. The fraction of sp³-hybridized carbons (Fsp3) is 1.00. The standard InChI is InChI=1S/C14H27PS/c16-12-11-15(13-7-3-1-4-8-13)14-9-5-2-6-10-14/h13-14,16H,1-12H2. The average Bonchev–Trinajstić information content (AvgIpc) is 2.38. The van der Waals surface area contributed by atoms with Crippen molar-refractivity contribution in [3.63, 3.8) is 0 Å². The predicted molar refractivity (Wildman–Crippen MR) is 79.4 cm³/mol. The van der Waals surface area contributed by atoms with Crippen LogP contribution in [0.25, 0.3) is 0 Å². The van der Waals surface area contributed by atoms with Gasteiger partial charge in [-0.3, -0.25) is 0 Å². The molecule has 0 saturated heterocycles. The van der Waals surface area contributed by atoms with Gasteiger partial charge >= 0.3 is 0 Å². The molecule has 2 aliphatic rings. The maximum Gasteiger partial charge on any atom is -0.00583 e. The summed E-state index contributed by atoms with van der Waals surface area (Å²) >= 11 is 4.52. The third-order valence-electron chi connectivity index (χ3n) is 4.45. The molecular formula is C14H27PS. The van der Waals surface area contributed by atoms with Crippen molar-refractivity contribution in [2.75, 3.05) is 11.9 Å². The molecule has 0 amide bonds. The quantitative estimate of drug-likeness (QED) is 0.528. The zero-order valence-corrected chi connectivity index (χ0v) is 12.3. The average molecular weight is 258 g/mol. The van der Waals surface area contributed by atoms with Gasteiger partial charge in [0.2, 0.25) is 0 Å². The van der Waals surface area contributed by atoms with Crippen LogP contribution in [0, 0.1) is 0 Å². The molecule has 0 spiro atoms. The first-order chi connectivity index (χ1) is 7.92. The van der Waals surface area contributed by atoms with Crippen molar-refractivity contribution in [2.45, 2.75) is 75.5 Å². The molecule has 94 valence electrons. The lowest BCUT2D eigenvalue weighted by Crippen LogP contribution is -2.22. The van der Waals surface area contributed by atoms with E-state index in [4.69, 9.17) is 0 Å². The predicted octanol–water partition coefficient (Wildman–Crippen LogP) is 5.06. The summed E-state index contributed by atoms with van der Waals surface area (Å²) in [5.41, 5.74) is 2.25. The first kappa shape index (κ1) is 13.2. The minimum absolute atomic E-state index is 0.327. The van der Waals surface area contributed by atoms with E-state index in [2.05, 4.69) is 12.6 Å². The molecule has 0 aliphatic heterocycles. The summed E-state index contributed by atoms with van der Waals surface area (Å²) in [5.74, 6) is 1.14. The van der Waals surface area contributed by atoms with E-state index >= 15 is 0 Å². The highest BCUT2D eigenvalue weighted by Gasteiger charge is 2.29. The number of rotatable bonds is 4. The van der Waals surface area contributed by atoms with Gasteiger partial charge in [-0.2, -0.15) is 12.6 Å². The molecule has 0 heterocycles. The van der Waals surface area contributed by atoms with Crippen LogP contribution in [-0.4, -0.2) is 23.2 Å². The fourth-order valence-corrected chi connectivity index (χ4v) is 7.91. The van der Waals surface area contributed by atoms with Gasteiger partial charge in [-0.15, -0.1) is 0 Å². The SMILES string of the molecule is SCCP(C1CCCCC1)C1CCCCC1. The topological polar surface area (TPSA) is 0 Å². The first-order valence-electron chi connectivity index (χ1n) is 7.28. The van der Waals surface area contributed by atoms with Gasteiger partial charge in [0.25, 0.3) is 0 Å². The molecule has 2 heteroatoms. The van der Waals surface area contributed by atoms with Crippen LogP contribution in [-0.2, 0) is 0 Å². The Kier molecular flexibility index (Phi) is 6.00. The van der Waals surface area contributed by atoms with Crippen LogP contribution in [0.5, 0.6) is 0 Å². The van der Waals surface area contributed by atoms with E-state index in [1.165, 1.54) is 44.7 Å². The maximum absolute atomic E-state index is 4.52. The Bertz CT molecular complexity index is 165. The number of hydrogen-bond donors (Lipinski definition) is 1. The summed E-state index contributed by atoms with van der Waals surface area (Å²) in [6, 6.07) is 0. The van der Waals surface area contributed by atoms with Gasteiger partial charge in [-0.05, 0) is 48.9 Å². The lowest BCUT2D eigenvalue weighted by Gasteiger charge is -2.38. The summed E-state index contributed by atoms with van der Waals surface area (Å²) in [5, 5.41) is 0. The van der Waals surface area contributed by atoms with Crippen LogP contribution < -0.4 is 0 Å². The molecule has 0 aromatic carbocycles. The van der Waals surface area contributed by atoms with E-state index in [0.717, 1.165) is 17.1 Å². The fourth-order valence-electron chi connectivity index (χ4n) is 3.60. The van der Waals surface area contributed by atoms with Crippen LogP contribution in [0.4, 0.5) is 0 Å². The Balaban J connectivity index is 1.91. The highest BCUT2D eigenvalue weighted by molar-refractivity contribution is 7.80. The van der Waals surface area contributed by atoms with Gasteiger partial charge in [-0.1, -0.05) is 46.4 Å². The van der Waals surface area contributed by atoms with Gasteiger partial charge in [0.05, 0.1) is 0 Å². The summed E-state index contributed by atoms with van der Waals surface area (Å²) in [4.78, 5) is 0. The Morgan fingerprint density at radius 2 is 1.19 bits per heavy atom. The molecule has 2 rings (SSSR count). The Labute approximate surface area is 108 Å². The van der Waals surface area contributed by atoms with E-state index in [1.807, 2.05) is 0 Å². The Morgan fingerprint density at radius 1 is 0.750 bits per heavy atom. The highest BCUT2D eigenvalue weighted by atomic mass is 32.1. The molecule has 2 fully saturated rings. The minimum Gasteiger partial charge on any atom is -0.179 e. The van der Waals surface area contributed by atoms with Crippen molar-refractivity contribution in [2.24, 2.45) is 0 Å². The molecule has 16 heavy (non-hydrogen) atoms. The molecule has 0 bridgehead atoms. The zero-order valence-electron chi connectivity index (χ0n) is 10.5. The Hall–Kier alpha value is 0.780. The van der Waals surface area contributed by atoms with Crippen molar-refractivity contribution < 1.29 is 0 Å². The largest absolute Gasteiger partial charge is 0.179 e. The van der Waals surface area contributed by atoms with E-state index in [0.29, 0.717) is 7.92 Å². The zero-order chi connectivity index (χ0) is 11.2. The molecule has 0 N–H and O–H groups in total. The summed E-state index contributed by atoms with van der Waals surface area (Å²) in [7, 11) is 0.327. The molecular weight excluding hydrogens is 231 g/mol. The second-order valence-electron chi connectivity index (χ2n) is 5.55. The van der Waals surface area contributed by atoms with Crippen LogP contribution >= 0.6 is 20.6 Å². The van der Waals surface area contributed by atoms with Crippen LogP contribution in [0.15, 0.2) is 0 Å². The van der Waals surface area contributed by atoms with Crippen molar-refractivity contribution in [1.29, 1.82) is 0 Å². The summed E-state index contributed by atoms with van der Waals surface area (Å²) in [6.07, 6.45) is 16.7. The lowest BCUT2D eigenvalue weighted by molar-refractivity contribution is 0.484. The van der Waals surface area contributed by atoms with E-state index < -0.39 is 0 Å². The molecule has 0 aromatic rings. The molecule has 2 saturated carbocycles. The molecule has 0 nitrogen and oxygen atoms in total.